The fourth-order valence-corrected chi connectivity index (χ4v) is 3.49. The Labute approximate surface area is 162 Å². The summed E-state index contributed by atoms with van der Waals surface area (Å²) in [7, 11) is -3.89. The molecular formula is C18H19N3O6S. The average Bonchev–Trinajstić information content (AvgIpc) is 3.08. The highest BCUT2D eigenvalue weighted by Crippen LogP contribution is 2.37. The van der Waals surface area contributed by atoms with E-state index in [2.05, 4.69) is 23.8 Å². The molecule has 1 heterocycles. The molecule has 0 bridgehead atoms. The summed E-state index contributed by atoms with van der Waals surface area (Å²) in [6, 6.07) is 9.09. The third kappa shape index (κ3) is 4.39. The quantitative estimate of drug-likeness (QED) is 0.430. The number of fused-ring (bicyclic) bond motifs is 1. The van der Waals surface area contributed by atoms with Crippen LogP contribution in [0.2, 0.25) is 0 Å². The van der Waals surface area contributed by atoms with Crippen molar-refractivity contribution in [1.82, 2.24) is 4.83 Å². The van der Waals surface area contributed by atoms with Crippen LogP contribution >= 0.6 is 0 Å². The van der Waals surface area contributed by atoms with Gasteiger partial charge in [-0.05, 0) is 36.1 Å². The molecule has 10 heteroatoms. The zero-order valence-corrected chi connectivity index (χ0v) is 16.1. The molecule has 0 spiro atoms. The van der Waals surface area contributed by atoms with Gasteiger partial charge in [-0.2, -0.15) is 13.5 Å². The lowest BCUT2D eigenvalue weighted by molar-refractivity contribution is -0.385. The van der Waals surface area contributed by atoms with Crippen LogP contribution in [0, 0.1) is 16.0 Å². The lowest BCUT2D eigenvalue weighted by Crippen LogP contribution is -2.18. The molecule has 0 saturated heterocycles. The second-order valence-electron chi connectivity index (χ2n) is 6.62. The van der Waals surface area contributed by atoms with Crippen molar-refractivity contribution in [3.8, 4) is 11.5 Å². The number of nitro groups is 1. The van der Waals surface area contributed by atoms with Crippen LogP contribution in [0.15, 0.2) is 46.4 Å². The van der Waals surface area contributed by atoms with Gasteiger partial charge in [0.05, 0.1) is 27.7 Å². The van der Waals surface area contributed by atoms with Crippen molar-refractivity contribution in [3.63, 3.8) is 0 Å². The van der Waals surface area contributed by atoms with Crippen molar-refractivity contribution in [3.05, 3.63) is 57.6 Å². The average molecular weight is 405 g/mol. The summed E-state index contributed by atoms with van der Waals surface area (Å²) in [5.41, 5.74) is 0.850. The third-order valence-electron chi connectivity index (χ3n) is 3.97. The standard InChI is InChI=1S/C18H19N3O6S/c1-12(2)7-13-3-5-15(6-4-13)28(24,25)20-19-10-14-8-17-18(27-11-26-17)9-16(14)21(22)23/h3-6,8-10,12,20H,7,11H2,1-2H3/b19-10+. The van der Waals surface area contributed by atoms with Crippen LogP contribution in [0.4, 0.5) is 5.69 Å². The molecule has 2 aromatic rings. The Morgan fingerprint density at radius 2 is 1.86 bits per heavy atom. The van der Waals surface area contributed by atoms with E-state index in [0.29, 0.717) is 11.7 Å². The summed E-state index contributed by atoms with van der Waals surface area (Å²) in [5, 5.41) is 14.9. The first-order valence-electron chi connectivity index (χ1n) is 8.48. The predicted molar refractivity (Wildman–Crippen MR) is 102 cm³/mol. The number of hydrazone groups is 1. The molecule has 0 atom stereocenters. The van der Waals surface area contributed by atoms with Crippen LogP contribution in [-0.2, 0) is 16.4 Å². The molecule has 0 radical (unpaired) electrons. The van der Waals surface area contributed by atoms with Crippen molar-refractivity contribution in [2.45, 2.75) is 25.2 Å². The van der Waals surface area contributed by atoms with Gasteiger partial charge in [-0.3, -0.25) is 10.1 Å². The van der Waals surface area contributed by atoms with Gasteiger partial charge in [-0.25, -0.2) is 4.83 Å². The third-order valence-corrected chi connectivity index (χ3v) is 5.21. The second kappa shape index (κ2) is 7.85. The minimum Gasteiger partial charge on any atom is -0.454 e. The summed E-state index contributed by atoms with van der Waals surface area (Å²) >= 11 is 0. The zero-order valence-electron chi connectivity index (χ0n) is 15.3. The first kappa shape index (κ1) is 19.6. The van der Waals surface area contributed by atoms with Gasteiger partial charge < -0.3 is 9.47 Å². The molecule has 1 aliphatic rings. The van der Waals surface area contributed by atoms with E-state index >= 15 is 0 Å². The molecule has 148 valence electrons. The maximum absolute atomic E-state index is 12.4. The van der Waals surface area contributed by atoms with Crippen molar-refractivity contribution >= 4 is 21.9 Å². The van der Waals surface area contributed by atoms with Crippen LogP contribution in [0.5, 0.6) is 11.5 Å². The smallest absolute Gasteiger partial charge is 0.282 e. The van der Waals surface area contributed by atoms with E-state index in [0.717, 1.165) is 18.2 Å². The monoisotopic (exact) mass is 405 g/mol. The lowest BCUT2D eigenvalue weighted by atomic mass is 10.0. The van der Waals surface area contributed by atoms with Gasteiger partial charge in [0.15, 0.2) is 11.5 Å². The lowest BCUT2D eigenvalue weighted by Gasteiger charge is -2.07. The minimum absolute atomic E-state index is 0.0352. The number of hydrogen-bond donors (Lipinski definition) is 1. The van der Waals surface area contributed by atoms with E-state index in [1.807, 2.05) is 0 Å². The number of rotatable bonds is 7. The fraction of sp³-hybridized carbons (Fsp3) is 0.278. The van der Waals surface area contributed by atoms with Gasteiger partial charge in [0.1, 0.15) is 0 Å². The van der Waals surface area contributed by atoms with Crippen molar-refractivity contribution in [1.29, 1.82) is 0 Å². The highest BCUT2D eigenvalue weighted by atomic mass is 32.2. The number of nitrogens with one attached hydrogen (secondary N) is 1. The van der Waals surface area contributed by atoms with Crippen molar-refractivity contribution in [2.24, 2.45) is 11.0 Å². The maximum Gasteiger partial charge on any atom is 0.282 e. The summed E-state index contributed by atoms with van der Waals surface area (Å²) < 4.78 is 35.0. The molecular weight excluding hydrogens is 386 g/mol. The van der Waals surface area contributed by atoms with Gasteiger partial charge in [0.25, 0.3) is 15.7 Å². The van der Waals surface area contributed by atoms with Crippen molar-refractivity contribution in [2.75, 3.05) is 6.79 Å². The predicted octanol–water partition coefficient (Wildman–Crippen LogP) is 2.83. The van der Waals surface area contributed by atoms with E-state index in [4.69, 9.17) is 9.47 Å². The first-order valence-corrected chi connectivity index (χ1v) is 9.96. The topological polar surface area (TPSA) is 120 Å². The number of nitro benzene ring substituents is 1. The Morgan fingerprint density at radius 3 is 2.46 bits per heavy atom. The van der Waals surface area contributed by atoms with E-state index < -0.39 is 14.9 Å². The molecule has 1 N–H and O–H groups in total. The van der Waals surface area contributed by atoms with E-state index in [-0.39, 0.29) is 28.7 Å². The van der Waals surface area contributed by atoms with Crippen LogP contribution in [0.25, 0.3) is 0 Å². The van der Waals surface area contributed by atoms with Crippen molar-refractivity contribution < 1.29 is 22.8 Å². The Kier molecular flexibility index (Phi) is 5.50. The first-order chi connectivity index (χ1) is 13.3. The summed E-state index contributed by atoms with van der Waals surface area (Å²) in [6.45, 7) is 4.12. The van der Waals surface area contributed by atoms with Gasteiger partial charge in [-0.15, -0.1) is 0 Å². The molecule has 0 amide bonds. The summed E-state index contributed by atoms with van der Waals surface area (Å²) in [5.74, 6) is 1.05. The van der Waals surface area contributed by atoms with Gasteiger partial charge in [-0.1, -0.05) is 26.0 Å². The Hall–Kier alpha value is -3.14. The van der Waals surface area contributed by atoms with Gasteiger partial charge >= 0.3 is 0 Å². The molecule has 9 nitrogen and oxygen atoms in total. The van der Waals surface area contributed by atoms with E-state index in [1.54, 1.807) is 12.1 Å². The summed E-state index contributed by atoms with van der Waals surface area (Å²) in [4.78, 5) is 12.7. The minimum atomic E-state index is -3.89. The highest BCUT2D eigenvalue weighted by Gasteiger charge is 2.22. The molecule has 0 saturated carbocycles. The number of benzene rings is 2. The summed E-state index contributed by atoms with van der Waals surface area (Å²) in [6.07, 6.45) is 1.91. The molecule has 0 fully saturated rings. The van der Waals surface area contributed by atoms with E-state index in [9.17, 15) is 18.5 Å². The molecule has 0 aliphatic carbocycles. The normalized spacial score (nSPS) is 13.2. The van der Waals surface area contributed by atoms with Crippen LogP contribution in [-0.4, -0.2) is 26.3 Å². The van der Waals surface area contributed by atoms with Gasteiger partial charge in [0.2, 0.25) is 6.79 Å². The number of ether oxygens (including phenoxy) is 2. The molecule has 2 aromatic carbocycles. The highest BCUT2D eigenvalue weighted by molar-refractivity contribution is 7.89. The second-order valence-corrected chi connectivity index (χ2v) is 8.28. The Morgan fingerprint density at radius 1 is 1.21 bits per heavy atom. The molecule has 28 heavy (non-hydrogen) atoms. The Bertz CT molecular complexity index is 1020. The fourth-order valence-electron chi connectivity index (χ4n) is 2.70. The zero-order chi connectivity index (χ0) is 20.3. The molecule has 0 aromatic heterocycles. The maximum atomic E-state index is 12.4. The van der Waals surface area contributed by atoms with E-state index in [1.165, 1.54) is 24.3 Å². The number of hydrogen-bond acceptors (Lipinski definition) is 7. The van der Waals surface area contributed by atoms with Crippen LogP contribution in [0.3, 0.4) is 0 Å². The Balaban J connectivity index is 1.77. The molecule has 3 rings (SSSR count). The number of nitrogens with zero attached hydrogens (tertiary/aromatic N) is 2. The largest absolute Gasteiger partial charge is 0.454 e. The molecule has 0 unspecified atom stereocenters. The van der Waals surface area contributed by atoms with Crippen LogP contribution in [0.1, 0.15) is 25.0 Å². The van der Waals surface area contributed by atoms with Gasteiger partial charge in [0, 0.05) is 0 Å². The van der Waals surface area contributed by atoms with Crippen LogP contribution < -0.4 is 14.3 Å². The SMILES string of the molecule is CC(C)Cc1ccc(S(=O)(=O)N/N=C/c2cc3c(cc2[N+](=O)[O-])OCO3)cc1. The number of sulfonamides is 1. The molecule has 1 aliphatic heterocycles.